The zero-order chi connectivity index (χ0) is 14.8. The van der Waals surface area contributed by atoms with Crippen LogP contribution in [-0.2, 0) is 12.6 Å². The lowest BCUT2D eigenvalue weighted by Gasteiger charge is -2.14. The molecule has 0 saturated carbocycles. The summed E-state index contributed by atoms with van der Waals surface area (Å²) in [4.78, 5) is 3.82. The minimum Gasteiger partial charge on any atom is -0.265 e. The summed E-state index contributed by atoms with van der Waals surface area (Å²) in [5.41, 5.74) is -0.288. The van der Waals surface area contributed by atoms with Gasteiger partial charge in [0.25, 0.3) is 0 Å². The fourth-order valence-corrected chi connectivity index (χ4v) is 2.14. The number of rotatable bonds is 3. The Morgan fingerprint density at radius 2 is 1.75 bits per heavy atom. The first-order valence-corrected chi connectivity index (χ1v) is 6.21. The Bertz CT molecular complexity index is 583. The number of aromatic nitrogens is 1. The van der Waals surface area contributed by atoms with Crippen LogP contribution in [0.1, 0.15) is 22.1 Å². The molecule has 1 aromatic heterocycles. The molecule has 2 rings (SSSR count). The van der Waals surface area contributed by atoms with Crippen LogP contribution in [0.4, 0.5) is 17.6 Å². The summed E-state index contributed by atoms with van der Waals surface area (Å²) in [5.74, 6) is -0.743. The van der Waals surface area contributed by atoms with Gasteiger partial charge in [0.15, 0.2) is 0 Å². The van der Waals surface area contributed by atoms with Gasteiger partial charge in [-0.15, -0.1) is 11.6 Å². The molecule has 0 amide bonds. The van der Waals surface area contributed by atoms with Gasteiger partial charge in [0.1, 0.15) is 5.82 Å². The molecule has 1 nitrogen and oxygen atoms in total. The molecule has 0 fully saturated rings. The van der Waals surface area contributed by atoms with Crippen molar-refractivity contribution in [2.75, 3.05) is 0 Å². The van der Waals surface area contributed by atoms with E-state index in [2.05, 4.69) is 4.98 Å². The monoisotopic (exact) mass is 303 g/mol. The van der Waals surface area contributed by atoms with Crippen molar-refractivity contribution in [3.63, 3.8) is 0 Å². The molecule has 0 spiro atoms. The topological polar surface area (TPSA) is 12.9 Å². The number of halogens is 5. The van der Waals surface area contributed by atoms with Crippen molar-refractivity contribution in [2.24, 2.45) is 0 Å². The van der Waals surface area contributed by atoms with E-state index in [-0.39, 0.29) is 12.0 Å². The zero-order valence-corrected chi connectivity index (χ0v) is 10.9. The Morgan fingerprint density at radius 1 is 1.10 bits per heavy atom. The van der Waals surface area contributed by atoms with Crippen molar-refractivity contribution in [2.45, 2.75) is 18.0 Å². The highest BCUT2D eigenvalue weighted by Gasteiger charge is 2.31. The van der Waals surface area contributed by atoms with E-state index in [1.807, 2.05) is 0 Å². The second kappa shape index (κ2) is 5.79. The van der Waals surface area contributed by atoms with Gasteiger partial charge < -0.3 is 0 Å². The lowest BCUT2D eigenvalue weighted by atomic mass is 10.0. The Labute approximate surface area is 118 Å². The van der Waals surface area contributed by atoms with Crippen LogP contribution < -0.4 is 0 Å². The Morgan fingerprint density at radius 3 is 2.35 bits per heavy atom. The summed E-state index contributed by atoms with van der Waals surface area (Å²) >= 11 is 6.04. The van der Waals surface area contributed by atoms with Gasteiger partial charge in [0.05, 0.1) is 10.9 Å². The number of alkyl halides is 4. The number of benzene rings is 1. The largest absolute Gasteiger partial charge is 0.416 e. The van der Waals surface area contributed by atoms with E-state index in [9.17, 15) is 17.6 Å². The molecular formula is C14H10ClF4N. The lowest BCUT2D eigenvalue weighted by Crippen LogP contribution is -2.08. The van der Waals surface area contributed by atoms with Gasteiger partial charge in [-0.25, -0.2) is 4.39 Å². The summed E-state index contributed by atoms with van der Waals surface area (Å²) in [7, 11) is 0. The third-order valence-electron chi connectivity index (χ3n) is 2.83. The smallest absolute Gasteiger partial charge is 0.265 e. The Hall–Kier alpha value is -1.62. The van der Waals surface area contributed by atoms with Crippen molar-refractivity contribution in [3.8, 4) is 0 Å². The average molecular weight is 304 g/mol. The van der Waals surface area contributed by atoms with Crippen molar-refractivity contribution in [1.29, 1.82) is 0 Å². The van der Waals surface area contributed by atoms with Crippen molar-refractivity contribution < 1.29 is 17.6 Å². The van der Waals surface area contributed by atoms with E-state index in [0.717, 1.165) is 17.7 Å². The molecule has 0 bridgehead atoms. The van der Waals surface area contributed by atoms with Gasteiger partial charge in [-0.05, 0) is 42.3 Å². The highest BCUT2D eigenvalue weighted by Crippen LogP contribution is 2.34. The normalized spacial score (nSPS) is 13.2. The molecule has 0 aliphatic carbocycles. The van der Waals surface area contributed by atoms with Gasteiger partial charge in [-0.2, -0.15) is 13.2 Å². The number of hydrogen-bond acceptors (Lipinski definition) is 1. The van der Waals surface area contributed by atoms with Crippen LogP contribution in [-0.4, -0.2) is 4.98 Å². The predicted octanol–water partition coefficient (Wildman–Crippen LogP) is 4.76. The molecule has 1 heterocycles. The molecule has 106 valence electrons. The van der Waals surface area contributed by atoms with E-state index in [4.69, 9.17) is 11.6 Å². The van der Waals surface area contributed by atoms with Crippen LogP contribution in [0.15, 0.2) is 42.7 Å². The molecule has 0 N–H and O–H groups in total. The second-order valence-corrected chi connectivity index (χ2v) is 4.79. The molecule has 2 aromatic rings. The maximum absolute atomic E-state index is 13.6. The van der Waals surface area contributed by atoms with Gasteiger partial charge in [0.2, 0.25) is 0 Å². The van der Waals surface area contributed by atoms with Crippen LogP contribution in [0, 0.1) is 5.82 Å². The standard InChI is InChI=1S/C14H10ClF4N/c15-12(7-9-3-5-20-6-4-9)11-8-10(14(17,18)19)1-2-13(11)16/h1-6,8,12H,7H2. The van der Waals surface area contributed by atoms with E-state index in [0.29, 0.717) is 6.07 Å². The minimum atomic E-state index is -4.52. The fraction of sp³-hybridized carbons (Fsp3) is 0.214. The molecule has 20 heavy (non-hydrogen) atoms. The fourth-order valence-electron chi connectivity index (χ4n) is 1.80. The van der Waals surface area contributed by atoms with Crippen LogP contribution in [0.5, 0.6) is 0 Å². The molecule has 0 aliphatic heterocycles. The third-order valence-corrected chi connectivity index (χ3v) is 3.21. The van der Waals surface area contributed by atoms with Gasteiger partial charge in [0, 0.05) is 18.0 Å². The highest BCUT2D eigenvalue weighted by atomic mass is 35.5. The summed E-state index contributed by atoms with van der Waals surface area (Å²) in [6.45, 7) is 0. The van der Waals surface area contributed by atoms with Crippen LogP contribution >= 0.6 is 11.6 Å². The maximum Gasteiger partial charge on any atom is 0.416 e. The summed E-state index contributed by atoms with van der Waals surface area (Å²) in [6.07, 6.45) is -1.21. The molecule has 6 heteroatoms. The Kier molecular flexibility index (Phi) is 4.28. The molecule has 1 unspecified atom stereocenters. The third kappa shape index (κ3) is 3.48. The minimum absolute atomic E-state index is 0.154. The average Bonchev–Trinajstić information content (AvgIpc) is 2.39. The lowest BCUT2D eigenvalue weighted by molar-refractivity contribution is -0.137. The van der Waals surface area contributed by atoms with Gasteiger partial charge >= 0.3 is 6.18 Å². The van der Waals surface area contributed by atoms with Crippen LogP contribution in [0.2, 0.25) is 0 Å². The second-order valence-electron chi connectivity index (χ2n) is 4.26. The first kappa shape index (κ1) is 14.8. The van der Waals surface area contributed by atoms with Crippen molar-refractivity contribution in [3.05, 3.63) is 65.2 Å². The number of nitrogens with zero attached hydrogens (tertiary/aromatic N) is 1. The van der Waals surface area contributed by atoms with Crippen molar-refractivity contribution in [1.82, 2.24) is 4.98 Å². The molecule has 1 aromatic carbocycles. The Balaban J connectivity index is 2.27. The molecule has 0 radical (unpaired) electrons. The number of pyridine rings is 1. The van der Waals surface area contributed by atoms with E-state index >= 15 is 0 Å². The summed E-state index contributed by atoms with van der Waals surface area (Å²) < 4.78 is 51.5. The summed E-state index contributed by atoms with van der Waals surface area (Å²) in [5, 5.41) is -0.875. The van der Waals surface area contributed by atoms with Crippen LogP contribution in [0.3, 0.4) is 0 Å². The first-order valence-electron chi connectivity index (χ1n) is 5.77. The quantitative estimate of drug-likeness (QED) is 0.588. The molecule has 0 saturated heterocycles. The number of hydrogen-bond donors (Lipinski definition) is 0. The maximum atomic E-state index is 13.6. The molecular weight excluding hydrogens is 294 g/mol. The predicted molar refractivity (Wildman–Crippen MR) is 67.9 cm³/mol. The first-order chi connectivity index (χ1) is 9.38. The van der Waals surface area contributed by atoms with E-state index < -0.39 is 22.9 Å². The molecule has 1 atom stereocenters. The van der Waals surface area contributed by atoms with E-state index in [1.165, 1.54) is 0 Å². The zero-order valence-electron chi connectivity index (χ0n) is 10.2. The highest BCUT2D eigenvalue weighted by molar-refractivity contribution is 6.21. The van der Waals surface area contributed by atoms with Gasteiger partial charge in [-0.1, -0.05) is 0 Å². The van der Waals surface area contributed by atoms with E-state index in [1.54, 1.807) is 24.5 Å². The molecule has 0 aliphatic rings. The van der Waals surface area contributed by atoms with Crippen LogP contribution in [0.25, 0.3) is 0 Å². The SMILES string of the molecule is Fc1ccc(C(F)(F)F)cc1C(Cl)Cc1ccncc1. The van der Waals surface area contributed by atoms with Gasteiger partial charge in [-0.3, -0.25) is 4.98 Å². The van der Waals surface area contributed by atoms with Crippen molar-refractivity contribution >= 4 is 11.6 Å². The summed E-state index contributed by atoms with van der Waals surface area (Å²) in [6, 6.07) is 5.62.